The largest absolute Gasteiger partial charge is 0.311 e. The van der Waals surface area contributed by atoms with Crippen molar-refractivity contribution in [2.24, 2.45) is 0 Å². The van der Waals surface area contributed by atoms with Gasteiger partial charge in [0, 0.05) is 96.2 Å². The van der Waals surface area contributed by atoms with Gasteiger partial charge in [0.15, 0.2) is 22.6 Å². The van der Waals surface area contributed by atoms with Crippen molar-refractivity contribution in [3.8, 4) is 0 Å². The number of amides is 4. The van der Waals surface area contributed by atoms with E-state index in [0.29, 0.717) is 85.1 Å². The van der Waals surface area contributed by atoms with Gasteiger partial charge in [-0.3, -0.25) is 19.2 Å². The number of pyridine rings is 8. The summed E-state index contributed by atoms with van der Waals surface area (Å²) < 4.78 is 0. The summed E-state index contributed by atoms with van der Waals surface area (Å²) in [4.78, 5) is 93.4. The molecule has 0 unspecified atom stereocenters. The maximum absolute atomic E-state index is 13.3. The van der Waals surface area contributed by atoms with Crippen molar-refractivity contribution in [2.45, 2.75) is 72.6 Å². The minimum absolute atomic E-state index is 0.188. The molecule has 18 heteroatoms. The molecule has 8 heterocycles. The Hall–Kier alpha value is -7.96. The van der Waals surface area contributed by atoms with E-state index in [9.17, 15) is 19.2 Å². The van der Waals surface area contributed by atoms with Crippen LogP contribution < -0.4 is 21.3 Å². The molecule has 0 bridgehead atoms. The Bertz CT molecular complexity index is 2800. The molecule has 8 aromatic heterocycles. The third-order valence-corrected chi connectivity index (χ3v) is 11.9. The molecule has 18 nitrogen and oxygen atoms in total. The zero-order valence-electron chi connectivity index (χ0n) is 40.5. The molecule has 0 saturated carbocycles. The normalized spacial score (nSPS) is 11.5. The number of fused-ring (bicyclic) bond motifs is 4. The van der Waals surface area contributed by atoms with E-state index in [4.69, 9.17) is 0 Å². The van der Waals surface area contributed by atoms with E-state index in [-0.39, 0.29) is 49.3 Å². The molecule has 0 aliphatic rings. The minimum Gasteiger partial charge on any atom is -0.311 e. The standard InChI is InChI=1S/C53H58N14O4/c1-34-8-12-38-16-20-42(62-50(38)54-34)58-46(68)24-30-66(31-25-47(69)59-43-21-17-39-13-9-35(2)55-51(39)63-43)28-6-5-7-29-67(32-26-48(70)60-44-22-18-40-14-10-36(3)56-52(40)64-44)33-27-49(71)61-45-23-19-41-15-11-37(4)57-53(41)65-45/h8-23H,5-7,24-33H2,1-4H3,(H,54,58,62,68)(H,55,59,63,69)(H,56,60,64,70)(H,57,61,65,71). The molecule has 71 heavy (non-hydrogen) atoms. The third kappa shape index (κ3) is 14.5. The van der Waals surface area contributed by atoms with Gasteiger partial charge in [-0.2, -0.15) is 0 Å². The number of nitrogens with one attached hydrogen (secondary N) is 4. The number of hydrogen-bond donors (Lipinski definition) is 4. The molecule has 0 aliphatic heterocycles. The number of hydrogen-bond acceptors (Lipinski definition) is 14. The lowest BCUT2D eigenvalue weighted by atomic mass is 10.2. The second-order valence-corrected chi connectivity index (χ2v) is 17.7. The number of carbonyl (C=O) groups excluding carboxylic acids is 4. The Morgan fingerprint density at radius 1 is 0.324 bits per heavy atom. The Morgan fingerprint density at radius 2 is 0.563 bits per heavy atom. The highest BCUT2D eigenvalue weighted by Gasteiger charge is 2.16. The van der Waals surface area contributed by atoms with Gasteiger partial charge in [-0.05, 0) is 151 Å². The first-order chi connectivity index (χ1) is 34.4. The van der Waals surface area contributed by atoms with E-state index in [2.05, 4.69) is 70.9 Å². The smallest absolute Gasteiger partial charge is 0.226 e. The number of aryl methyl sites for hydroxylation is 4. The van der Waals surface area contributed by atoms with Crippen molar-refractivity contribution < 1.29 is 19.2 Å². The topological polar surface area (TPSA) is 226 Å². The molecule has 364 valence electrons. The summed E-state index contributed by atoms with van der Waals surface area (Å²) in [5, 5.41) is 15.2. The van der Waals surface area contributed by atoms with E-state index >= 15 is 0 Å². The van der Waals surface area contributed by atoms with Crippen LogP contribution >= 0.6 is 0 Å². The fourth-order valence-corrected chi connectivity index (χ4v) is 8.03. The van der Waals surface area contributed by atoms with Crippen molar-refractivity contribution in [2.75, 3.05) is 60.5 Å². The van der Waals surface area contributed by atoms with Gasteiger partial charge in [0.1, 0.15) is 23.3 Å². The quantitative estimate of drug-likeness (QED) is 0.0474. The van der Waals surface area contributed by atoms with Gasteiger partial charge in [0.05, 0.1) is 0 Å². The van der Waals surface area contributed by atoms with Gasteiger partial charge in [-0.25, -0.2) is 39.9 Å². The summed E-state index contributed by atoms with van der Waals surface area (Å²) in [5.74, 6) is 0.912. The molecule has 0 fully saturated rings. The SMILES string of the molecule is Cc1ccc2ccc(NC(=O)CCN(CCCCCN(CCC(=O)Nc3ccc4ccc(C)nc4n3)CCC(=O)Nc3ccc4ccc(C)nc4n3)CCC(=O)Nc3ccc4ccc(C)nc4n3)nc2n1. The number of unbranched alkanes of at least 4 members (excludes halogenated alkanes) is 2. The molecule has 4 N–H and O–H groups in total. The predicted molar refractivity (Wildman–Crippen MR) is 277 cm³/mol. The average molecular weight is 955 g/mol. The van der Waals surface area contributed by atoms with Crippen LogP contribution in [0.15, 0.2) is 97.1 Å². The first-order valence-corrected chi connectivity index (χ1v) is 24.0. The maximum atomic E-state index is 13.3. The molecule has 0 spiro atoms. The van der Waals surface area contributed by atoms with Crippen molar-refractivity contribution in [3.63, 3.8) is 0 Å². The van der Waals surface area contributed by atoms with Crippen LogP contribution in [-0.2, 0) is 19.2 Å². The van der Waals surface area contributed by atoms with Crippen LogP contribution in [0.5, 0.6) is 0 Å². The van der Waals surface area contributed by atoms with Crippen LogP contribution in [0.3, 0.4) is 0 Å². The number of anilines is 4. The lowest BCUT2D eigenvalue weighted by Gasteiger charge is -2.23. The molecular weight excluding hydrogens is 897 g/mol. The van der Waals surface area contributed by atoms with Crippen LogP contribution in [0.2, 0.25) is 0 Å². The highest BCUT2D eigenvalue weighted by molar-refractivity contribution is 5.93. The van der Waals surface area contributed by atoms with Crippen LogP contribution in [0, 0.1) is 27.7 Å². The zero-order chi connectivity index (χ0) is 49.7. The predicted octanol–water partition coefficient (Wildman–Crippen LogP) is 7.88. The summed E-state index contributed by atoms with van der Waals surface area (Å²) in [6.45, 7) is 10.5. The Kier molecular flexibility index (Phi) is 16.4. The van der Waals surface area contributed by atoms with Crippen LogP contribution in [-0.4, -0.2) is 113 Å². The third-order valence-electron chi connectivity index (χ3n) is 11.9. The summed E-state index contributed by atoms with van der Waals surface area (Å²) in [5.41, 5.74) is 5.58. The Morgan fingerprint density at radius 3 is 0.817 bits per heavy atom. The van der Waals surface area contributed by atoms with Gasteiger partial charge in [0.25, 0.3) is 0 Å². The summed E-state index contributed by atoms with van der Waals surface area (Å²) in [6.07, 6.45) is 3.15. The molecule has 0 aliphatic carbocycles. The fraction of sp³-hybridized carbons (Fsp3) is 0.321. The maximum Gasteiger partial charge on any atom is 0.226 e. The lowest BCUT2D eigenvalue weighted by Crippen LogP contribution is -2.33. The van der Waals surface area contributed by atoms with E-state index < -0.39 is 0 Å². The van der Waals surface area contributed by atoms with E-state index in [1.807, 2.05) is 100 Å². The molecule has 4 amide bonds. The summed E-state index contributed by atoms with van der Waals surface area (Å²) in [7, 11) is 0. The Labute approximate surface area is 411 Å². The zero-order valence-corrected chi connectivity index (χ0v) is 40.5. The Balaban J connectivity index is 0.870. The monoisotopic (exact) mass is 954 g/mol. The fourth-order valence-electron chi connectivity index (χ4n) is 8.03. The van der Waals surface area contributed by atoms with Crippen molar-refractivity contribution in [1.29, 1.82) is 0 Å². The van der Waals surface area contributed by atoms with Gasteiger partial charge in [-0.15, -0.1) is 0 Å². The van der Waals surface area contributed by atoms with Crippen molar-refractivity contribution in [1.82, 2.24) is 49.7 Å². The number of carbonyl (C=O) groups is 4. The molecule has 8 rings (SSSR count). The highest BCUT2D eigenvalue weighted by Crippen LogP contribution is 2.19. The van der Waals surface area contributed by atoms with Crippen molar-refractivity contribution >= 4 is 91.0 Å². The lowest BCUT2D eigenvalue weighted by molar-refractivity contribution is -0.118. The van der Waals surface area contributed by atoms with Gasteiger partial charge < -0.3 is 31.1 Å². The summed E-state index contributed by atoms with van der Waals surface area (Å²) >= 11 is 0. The van der Waals surface area contributed by atoms with Crippen LogP contribution in [0.25, 0.3) is 44.1 Å². The number of aromatic nitrogens is 8. The molecule has 8 aromatic rings. The van der Waals surface area contributed by atoms with Crippen molar-refractivity contribution in [3.05, 3.63) is 120 Å². The second-order valence-electron chi connectivity index (χ2n) is 17.7. The number of nitrogens with zero attached hydrogens (tertiary/aromatic N) is 10. The minimum atomic E-state index is -0.197. The van der Waals surface area contributed by atoms with Gasteiger partial charge >= 0.3 is 0 Å². The second kappa shape index (κ2) is 23.6. The molecule has 0 radical (unpaired) electrons. The number of rotatable bonds is 22. The van der Waals surface area contributed by atoms with E-state index in [1.165, 1.54) is 0 Å². The first-order valence-electron chi connectivity index (χ1n) is 24.0. The van der Waals surface area contributed by atoms with Gasteiger partial charge in [0.2, 0.25) is 23.6 Å². The molecular formula is C53H58N14O4. The molecule has 0 atom stereocenters. The van der Waals surface area contributed by atoms with Crippen LogP contribution in [0.1, 0.15) is 67.7 Å². The summed E-state index contributed by atoms with van der Waals surface area (Å²) in [6, 6.07) is 30.0. The highest BCUT2D eigenvalue weighted by atomic mass is 16.2. The van der Waals surface area contributed by atoms with Crippen LogP contribution in [0.4, 0.5) is 23.3 Å². The van der Waals surface area contributed by atoms with E-state index in [1.54, 1.807) is 24.3 Å². The van der Waals surface area contributed by atoms with E-state index in [0.717, 1.165) is 63.6 Å². The van der Waals surface area contributed by atoms with Gasteiger partial charge in [-0.1, -0.05) is 6.42 Å². The molecule has 0 saturated heterocycles. The molecule has 0 aromatic carbocycles. The average Bonchev–Trinajstić information content (AvgIpc) is 3.34. The first kappa shape index (κ1) is 49.5.